The average Bonchev–Trinajstić information content (AvgIpc) is 2.21. The molecule has 1 atom stereocenters. The summed E-state index contributed by atoms with van der Waals surface area (Å²) in [6.07, 6.45) is 4.28. The SMILES string of the molecule is C#CCCC(O)c1c(F)ccc(C)c1F. The molecule has 1 aromatic carbocycles. The predicted molar refractivity (Wildman–Crippen MR) is 54.1 cm³/mol. The zero-order valence-corrected chi connectivity index (χ0v) is 8.43. The number of hydrogen-bond acceptors (Lipinski definition) is 1. The molecule has 0 bridgehead atoms. The summed E-state index contributed by atoms with van der Waals surface area (Å²) in [5.41, 5.74) is 0.0245. The lowest BCUT2D eigenvalue weighted by atomic mass is 10.0. The van der Waals surface area contributed by atoms with Gasteiger partial charge in [-0.15, -0.1) is 12.3 Å². The molecule has 0 saturated carbocycles. The first kappa shape index (κ1) is 11.7. The maximum Gasteiger partial charge on any atom is 0.134 e. The predicted octanol–water partition coefficient (Wildman–Crippen LogP) is 2.72. The van der Waals surface area contributed by atoms with E-state index in [1.807, 2.05) is 0 Å². The van der Waals surface area contributed by atoms with Crippen LogP contribution in [0.1, 0.15) is 30.1 Å². The lowest BCUT2D eigenvalue weighted by molar-refractivity contribution is 0.159. The number of rotatable bonds is 3. The second-order valence-corrected chi connectivity index (χ2v) is 3.35. The summed E-state index contributed by atoms with van der Waals surface area (Å²) < 4.78 is 26.7. The zero-order chi connectivity index (χ0) is 11.4. The fraction of sp³-hybridized carbons (Fsp3) is 0.333. The van der Waals surface area contributed by atoms with Gasteiger partial charge in [0.05, 0.1) is 11.7 Å². The Labute approximate surface area is 87.7 Å². The van der Waals surface area contributed by atoms with Crippen molar-refractivity contribution in [1.82, 2.24) is 0 Å². The molecule has 1 N–H and O–H groups in total. The largest absolute Gasteiger partial charge is 0.388 e. The van der Waals surface area contributed by atoms with E-state index < -0.39 is 17.7 Å². The molecule has 0 aromatic heterocycles. The Kier molecular flexibility index (Phi) is 3.81. The standard InChI is InChI=1S/C12H12F2O/c1-3-4-5-10(15)11-9(13)7-6-8(2)12(11)14/h1,6-7,10,15H,4-5H2,2H3. The Morgan fingerprint density at radius 2 is 2.13 bits per heavy atom. The highest BCUT2D eigenvalue weighted by Crippen LogP contribution is 2.26. The average molecular weight is 210 g/mol. The number of hydrogen-bond donors (Lipinski definition) is 1. The van der Waals surface area contributed by atoms with Crippen molar-refractivity contribution in [2.75, 3.05) is 0 Å². The fourth-order valence-corrected chi connectivity index (χ4v) is 1.35. The number of terminal acetylenes is 1. The van der Waals surface area contributed by atoms with E-state index in [2.05, 4.69) is 5.92 Å². The molecule has 0 saturated heterocycles. The third-order valence-corrected chi connectivity index (χ3v) is 2.21. The van der Waals surface area contributed by atoms with E-state index in [0.29, 0.717) is 5.56 Å². The minimum absolute atomic E-state index is 0.161. The summed E-state index contributed by atoms with van der Waals surface area (Å²) in [5.74, 6) is 0.888. The highest BCUT2D eigenvalue weighted by molar-refractivity contribution is 5.28. The van der Waals surface area contributed by atoms with Gasteiger partial charge in [-0.1, -0.05) is 6.07 Å². The van der Waals surface area contributed by atoms with Gasteiger partial charge in [0.2, 0.25) is 0 Å². The molecule has 15 heavy (non-hydrogen) atoms. The van der Waals surface area contributed by atoms with E-state index in [1.54, 1.807) is 0 Å². The normalized spacial score (nSPS) is 12.2. The van der Waals surface area contributed by atoms with Crippen LogP contribution in [0.2, 0.25) is 0 Å². The van der Waals surface area contributed by atoms with E-state index in [-0.39, 0.29) is 18.4 Å². The number of benzene rings is 1. The first-order chi connectivity index (χ1) is 7.07. The van der Waals surface area contributed by atoms with Crippen LogP contribution >= 0.6 is 0 Å². The molecule has 1 nitrogen and oxygen atoms in total. The number of aryl methyl sites for hydroxylation is 1. The second-order valence-electron chi connectivity index (χ2n) is 3.35. The molecule has 0 aliphatic carbocycles. The van der Waals surface area contributed by atoms with Crippen molar-refractivity contribution in [2.24, 2.45) is 0 Å². The van der Waals surface area contributed by atoms with Crippen LogP contribution in [0, 0.1) is 30.9 Å². The van der Waals surface area contributed by atoms with Gasteiger partial charge in [-0.25, -0.2) is 8.78 Å². The molecule has 0 amide bonds. The Morgan fingerprint density at radius 1 is 1.47 bits per heavy atom. The summed E-state index contributed by atoms with van der Waals surface area (Å²) in [6.45, 7) is 1.52. The lowest BCUT2D eigenvalue weighted by Gasteiger charge is -2.12. The molecule has 1 aromatic rings. The molecule has 0 fully saturated rings. The highest BCUT2D eigenvalue weighted by atomic mass is 19.1. The Hall–Kier alpha value is -1.40. The molecular weight excluding hydrogens is 198 g/mol. The van der Waals surface area contributed by atoms with Crippen LogP contribution < -0.4 is 0 Å². The van der Waals surface area contributed by atoms with Crippen molar-refractivity contribution in [3.8, 4) is 12.3 Å². The van der Waals surface area contributed by atoms with E-state index in [9.17, 15) is 13.9 Å². The van der Waals surface area contributed by atoms with Gasteiger partial charge in [0.15, 0.2) is 0 Å². The lowest BCUT2D eigenvalue weighted by Crippen LogP contribution is -2.05. The quantitative estimate of drug-likeness (QED) is 0.760. The summed E-state index contributed by atoms with van der Waals surface area (Å²) in [5, 5.41) is 9.56. The number of halogens is 2. The van der Waals surface area contributed by atoms with E-state index in [0.717, 1.165) is 6.07 Å². The maximum absolute atomic E-state index is 13.5. The maximum atomic E-state index is 13.5. The number of aliphatic hydroxyl groups excluding tert-OH is 1. The van der Waals surface area contributed by atoms with Crippen molar-refractivity contribution >= 4 is 0 Å². The zero-order valence-electron chi connectivity index (χ0n) is 8.43. The first-order valence-electron chi connectivity index (χ1n) is 4.64. The summed E-state index contributed by atoms with van der Waals surface area (Å²) in [4.78, 5) is 0. The smallest absolute Gasteiger partial charge is 0.134 e. The summed E-state index contributed by atoms with van der Waals surface area (Å²) in [7, 11) is 0. The fourth-order valence-electron chi connectivity index (χ4n) is 1.35. The third kappa shape index (κ3) is 2.54. The third-order valence-electron chi connectivity index (χ3n) is 2.21. The van der Waals surface area contributed by atoms with Gasteiger partial charge in [-0.05, 0) is 25.0 Å². The highest BCUT2D eigenvalue weighted by Gasteiger charge is 2.18. The van der Waals surface area contributed by atoms with Crippen LogP contribution in [-0.4, -0.2) is 5.11 Å². The van der Waals surface area contributed by atoms with Crippen molar-refractivity contribution < 1.29 is 13.9 Å². The van der Waals surface area contributed by atoms with Crippen LogP contribution in [0.4, 0.5) is 8.78 Å². The molecule has 0 aliphatic rings. The van der Waals surface area contributed by atoms with Gasteiger partial charge in [-0.3, -0.25) is 0 Å². The van der Waals surface area contributed by atoms with Crippen LogP contribution in [-0.2, 0) is 0 Å². The van der Waals surface area contributed by atoms with Gasteiger partial charge >= 0.3 is 0 Å². The minimum atomic E-state index is -1.18. The molecule has 0 aliphatic heterocycles. The van der Waals surface area contributed by atoms with Crippen LogP contribution in [0.5, 0.6) is 0 Å². The summed E-state index contributed by atoms with van der Waals surface area (Å²) in [6, 6.07) is 2.48. The van der Waals surface area contributed by atoms with Gasteiger partial charge in [0.25, 0.3) is 0 Å². The van der Waals surface area contributed by atoms with Crippen molar-refractivity contribution in [1.29, 1.82) is 0 Å². The topological polar surface area (TPSA) is 20.2 Å². The van der Waals surface area contributed by atoms with E-state index >= 15 is 0 Å². The van der Waals surface area contributed by atoms with Crippen LogP contribution in [0.25, 0.3) is 0 Å². The molecule has 1 rings (SSSR count). The molecule has 1 unspecified atom stereocenters. The molecule has 0 spiro atoms. The second kappa shape index (κ2) is 4.90. The number of aliphatic hydroxyl groups is 1. The van der Waals surface area contributed by atoms with E-state index in [4.69, 9.17) is 6.42 Å². The van der Waals surface area contributed by atoms with Crippen LogP contribution in [0.3, 0.4) is 0 Å². The first-order valence-corrected chi connectivity index (χ1v) is 4.64. The van der Waals surface area contributed by atoms with Crippen molar-refractivity contribution in [3.63, 3.8) is 0 Å². The summed E-state index contributed by atoms with van der Waals surface area (Å²) >= 11 is 0. The molecule has 80 valence electrons. The van der Waals surface area contributed by atoms with Crippen molar-refractivity contribution in [3.05, 3.63) is 34.9 Å². The Bertz CT molecular complexity index is 393. The molecule has 0 heterocycles. The monoisotopic (exact) mass is 210 g/mol. The molecule has 3 heteroatoms. The van der Waals surface area contributed by atoms with Crippen LogP contribution in [0.15, 0.2) is 12.1 Å². The van der Waals surface area contributed by atoms with Gasteiger partial charge in [-0.2, -0.15) is 0 Å². The molecular formula is C12H12F2O. The Balaban J connectivity index is 3.02. The Morgan fingerprint density at radius 3 is 2.73 bits per heavy atom. The van der Waals surface area contributed by atoms with Gasteiger partial charge in [0.1, 0.15) is 11.6 Å². The molecule has 0 radical (unpaired) electrons. The minimum Gasteiger partial charge on any atom is -0.388 e. The van der Waals surface area contributed by atoms with E-state index in [1.165, 1.54) is 13.0 Å². The van der Waals surface area contributed by atoms with Gasteiger partial charge < -0.3 is 5.11 Å². The van der Waals surface area contributed by atoms with Crippen molar-refractivity contribution in [2.45, 2.75) is 25.9 Å². The van der Waals surface area contributed by atoms with Gasteiger partial charge in [0, 0.05) is 6.42 Å².